The maximum absolute atomic E-state index is 13.3. The van der Waals surface area contributed by atoms with E-state index in [1.807, 2.05) is 24.3 Å². The van der Waals surface area contributed by atoms with Crippen LogP contribution >= 0.6 is 0 Å². The van der Waals surface area contributed by atoms with Crippen LogP contribution in [-0.4, -0.2) is 5.78 Å². The van der Waals surface area contributed by atoms with E-state index >= 15 is 0 Å². The molecule has 0 aliphatic heterocycles. The van der Waals surface area contributed by atoms with Crippen LogP contribution in [0.3, 0.4) is 0 Å². The molecule has 0 heterocycles. The lowest BCUT2D eigenvalue weighted by molar-refractivity contribution is 0.0950. The van der Waals surface area contributed by atoms with Gasteiger partial charge in [0.1, 0.15) is 11.6 Å². The SMILES string of the molecule is O=C(c1cc(F)cc(F)c1)C1CCCc2ccccc21. The summed E-state index contributed by atoms with van der Waals surface area (Å²) in [5.41, 5.74) is 2.27. The van der Waals surface area contributed by atoms with E-state index in [2.05, 4.69) is 0 Å². The first-order chi connectivity index (χ1) is 9.65. The van der Waals surface area contributed by atoms with Crippen LogP contribution in [0.1, 0.15) is 40.2 Å². The van der Waals surface area contributed by atoms with Gasteiger partial charge in [-0.25, -0.2) is 8.78 Å². The van der Waals surface area contributed by atoms with Crippen molar-refractivity contribution in [1.29, 1.82) is 0 Å². The topological polar surface area (TPSA) is 17.1 Å². The number of carbonyl (C=O) groups is 1. The van der Waals surface area contributed by atoms with E-state index in [0.717, 1.165) is 48.6 Å². The molecule has 0 fully saturated rings. The number of hydrogen-bond donors (Lipinski definition) is 0. The number of rotatable bonds is 2. The average Bonchev–Trinajstić information content (AvgIpc) is 2.45. The molecule has 0 saturated carbocycles. The molecule has 2 aromatic carbocycles. The fourth-order valence-corrected chi connectivity index (χ4v) is 2.92. The van der Waals surface area contributed by atoms with E-state index in [9.17, 15) is 13.6 Å². The molecule has 0 radical (unpaired) electrons. The monoisotopic (exact) mass is 272 g/mol. The molecule has 3 heteroatoms. The van der Waals surface area contributed by atoms with Crippen molar-refractivity contribution in [2.24, 2.45) is 0 Å². The van der Waals surface area contributed by atoms with Crippen molar-refractivity contribution < 1.29 is 13.6 Å². The Morgan fingerprint density at radius 2 is 1.75 bits per heavy atom. The highest BCUT2D eigenvalue weighted by atomic mass is 19.1. The average molecular weight is 272 g/mol. The number of fused-ring (bicyclic) bond motifs is 1. The summed E-state index contributed by atoms with van der Waals surface area (Å²) in [7, 11) is 0. The van der Waals surface area contributed by atoms with Gasteiger partial charge in [-0.15, -0.1) is 0 Å². The van der Waals surface area contributed by atoms with E-state index < -0.39 is 11.6 Å². The maximum Gasteiger partial charge on any atom is 0.170 e. The molecule has 0 saturated heterocycles. The van der Waals surface area contributed by atoms with Crippen molar-refractivity contribution in [3.05, 3.63) is 70.8 Å². The standard InChI is InChI=1S/C17H14F2O/c18-13-8-12(9-14(19)10-13)17(20)16-7-3-5-11-4-1-2-6-15(11)16/h1-2,4,6,8-10,16H,3,5,7H2. The fourth-order valence-electron chi connectivity index (χ4n) is 2.92. The van der Waals surface area contributed by atoms with Gasteiger partial charge in [-0.2, -0.15) is 0 Å². The molecule has 1 aliphatic carbocycles. The third-order valence-electron chi connectivity index (χ3n) is 3.83. The zero-order chi connectivity index (χ0) is 14.1. The van der Waals surface area contributed by atoms with Crippen LogP contribution < -0.4 is 0 Å². The second-order valence-electron chi connectivity index (χ2n) is 5.17. The third-order valence-corrected chi connectivity index (χ3v) is 3.83. The number of benzene rings is 2. The van der Waals surface area contributed by atoms with E-state index in [4.69, 9.17) is 0 Å². The van der Waals surface area contributed by atoms with Crippen LogP contribution in [0.4, 0.5) is 8.78 Å². The molecule has 1 nitrogen and oxygen atoms in total. The molecule has 0 aromatic heterocycles. The van der Waals surface area contributed by atoms with Gasteiger partial charge < -0.3 is 0 Å². The molecule has 0 N–H and O–H groups in total. The molecule has 1 unspecified atom stereocenters. The summed E-state index contributed by atoms with van der Waals surface area (Å²) in [4.78, 5) is 12.5. The summed E-state index contributed by atoms with van der Waals surface area (Å²) in [5.74, 6) is -1.91. The molecule has 102 valence electrons. The van der Waals surface area contributed by atoms with Gasteiger partial charge in [0.25, 0.3) is 0 Å². The van der Waals surface area contributed by atoms with E-state index in [1.54, 1.807) is 0 Å². The molecule has 0 amide bonds. The summed E-state index contributed by atoms with van der Waals surface area (Å²) in [6, 6.07) is 10.8. The Morgan fingerprint density at radius 3 is 2.50 bits per heavy atom. The summed E-state index contributed by atoms with van der Waals surface area (Å²) >= 11 is 0. The maximum atomic E-state index is 13.3. The van der Waals surface area contributed by atoms with Crippen molar-refractivity contribution >= 4 is 5.78 Å². The Hall–Kier alpha value is -2.03. The Balaban J connectivity index is 1.99. The smallest absolute Gasteiger partial charge is 0.170 e. The van der Waals surface area contributed by atoms with E-state index in [-0.39, 0.29) is 17.3 Å². The first-order valence-electron chi connectivity index (χ1n) is 6.73. The molecule has 20 heavy (non-hydrogen) atoms. The molecule has 0 bridgehead atoms. The number of aryl methyl sites for hydroxylation is 1. The normalized spacial score (nSPS) is 17.6. The first-order valence-corrected chi connectivity index (χ1v) is 6.73. The van der Waals surface area contributed by atoms with E-state index in [1.165, 1.54) is 0 Å². The fraction of sp³-hybridized carbons (Fsp3) is 0.235. The third kappa shape index (κ3) is 2.36. The van der Waals surface area contributed by atoms with E-state index in [0.29, 0.717) is 0 Å². The Morgan fingerprint density at radius 1 is 1.05 bits per heavy atom. The Bertz CT molecular complexity index is 644. The highest BCUT2D eigenvalue weighted by Gasteiger charge is 2.27. The van der Waals surface area contributed by atoms with Crippen molar-refractivity contribution in [3.63, 3.8) is 0 Å². The van der Waals surface area contributed by atoms with Crippen molar-refractivity contribution in [1.82, 2.24) is 0 Å². The van der Waals surface area contributed by atoms with Crippen LogP contribution in [0, 0.1) is 11.6 Å². The minimum atomic E-state index is -0.711. The summed E-state index contributed by atoms with van der Waals surface area (Å²) in [5, 5.41) is 0. The van der Waals surface area contributed by atoms with Crippen molar-refractivity contribution in [2.45, 2.75) is 25.2 Å². The van der Waals surface area contributed by atoms with Gasteiger partial charge >= 0.3 is 0 Å². The molecule has 2 aromatic rings. The summed E-state index contributed by atoms with van der Waals surface area (Å²) in [6.45, 7) is 0. The van der Waals surface area contributed by atoms with Crippen LogP contribution in [0.15, 0.2) is 42.5 Å². The van der Waals surface area contributed by atoms with Gasteiger partial charge in [0, 0.05) is 17.5 Å². The van der Waals surface area contributed by atoms with Crippen LogP contribution in [0.25, 0.3) is 0 Å². The molecule has 1 aliphatic rings. The van der Waals surface area contributed by atoms with Gasteiger partial charge in [0.2, 0.25) is 0 Å². The van der Waals surface area contributed by atoms with Crippen molar-refractivity contribution in [3.8, 4) is 0 Å². The van der Waals surface area contributed by atoms with Crippen LogP contribution in [0.2, 0.25) is 0 Å². The zero-order valence-corrected chi connectivity index (χ0v) is 10.9. The van der Waals surface area contributed by atoms with Crippen LogP contribution in [0.5, 0.6) is 0 Å². The van der Waals surface area contributed by atoms with Crippen LogP contribution in [-0.2, 0) is 6.42 Å². The number of ketones is 1. The molecule has 1 atom stereocenters. The van der Waals surface area contributed by atoms with Gasteiger partial charge in [0.05, 0.1) is 0 Å². The minimum Gasteiger partial charge on any atom is -0.293 e. The Labute approximate surface area is 116 Å². The quantitative estimate of drug-likeness (QED) is 0.746. The van der Waals surface area contributed by atoms with Gasteiger partial charge in [-0.1, -0.05) is 24.3 Å². The predicted molar refractivity (Wildman–Crippen MR) is 72.8 cm³/mol. The lowest BCUT2D eigenvalue weighted by atomic mass is 9.79. The molecule has 3 rings (SSSR count). The van der Waals surface area contributed by atoms with Gasteiger partial charge in [-0.05, 0) is 42.5 Å². The molecular formula is C17H14F2O. The Kier molecular flexibility index (Phi) is 3.35. The summed E-state index contributed by atoms with van der Waals surface area (Å²) in [6.07, 6.45) is 2.61. The number of Topliss-reactive ketones (excluding diaryl/α,β-unsaturated/α-hetero) is 1. The number of carbonyl (C=O) groups excluding carboxylic acids is 1. The second-order valence-corrected chi connectivity index (χ2v) is 5.17. The largest absolute Gasteiger partial charge is 0.293 e. The first kappa shape index (κ1) is 13.0. The highest BCUT2D eigenvalue weighted by molar-refractivity contribution is 6.01. The number of hydrogen-bond acceptors (Lipinski definition) is 1. The minimum absolute atomic E-state index is 0.115. The number of halogens is 2. The van der Waals surface area contributed by atoms with Crippen molar-refractivity contribution in [2.75, 3.05) is 0 Å². The second kappa shape index (κ2) is 5.16. The lowest BCUT2D eigenvalue weighted by Crippen LogP contribution is -2.19. The summed E-state index contributed by atoms with van der Waals surface area (Å²) < 4.78 is 26.5. The van der Waals surface area contributed by atoms with Gasteiger partial charge in [-0.3, -0.25) is 4.79 Å². The predicted octanol–water partition coefficient (Wildman–Crippen LogP) is 4.27. The zero-order valence-electron chi connectivity index (χ0n) is 10.9. The highest BCUT2D eigenvalue weighted by Crippen LogP contribution is 2.34. The lowest BCUT2D eigenvalue weighted by Gasteiger charge is -2.24. The molecule has 0 spiro atoms. The van der Waals surface area contributed by atoms with Gasteiger partial charge in [0.15, 0.2) is 5.78 Å². The molecular weight excluding hydrogens is 258 g/mol.